The second-order valence-corrected chi connectivity index (χ2v) is 5.39. The molecule has 1 aliphatic rings. The van der Waals surface area contributed by atoms with E-state index in [2.05, 4.69) is 27.5 Å². The highest BCUT2D eigenvalue weighted by Gasteiger charge is 2.39. The van der Waals surface area contributed by atoms with Crippen LogP contribution in [0.3, 0.4) is 0 Å². The number of pyridine rings is 1. The second-order valence-electron chi connectivity index (χ2n) is 5.39. The third-order valence-corrected chi connectivity index (χ3v) is 4.18. The van der Waals surface area contributed by atoms with E-state index in [1.165, 1.54) is 0 Å². The molecule has 3 heterocycles. The Morgan fingerprint density at radius 2 is 2.43 bits per heavy atom. The minimum absolute atomic E-state index is 0.0761. The SMILES string of the molecule is CCC1(C(=O)Nc2ccc(-n3ccnc3)nc2)CCNC1. The Kier molecular flexibility index (Phi) is 3.70. The van der Waals surface area contributed by atoms with Crippen LogP contribution in [0.2, 0.25) is 0 Å². The summed E-state index contributed by atoms with van der Waals surface area (Å²) in [6.45, 7) is 3.71. The van der Waals surface area contributed by atoms with Crippen LogP contribution in [0.5, 0.6) is 0 Å². The molecule has 0 aliphatic carbocycles. The molecule has 2 N–H and O–H groups in total. The molecule has 2 aromatic heterocycles. The van der Waals surface area contributed by atoms with E-state index in [-0.39, 0.29) is 11.3 Å². The van der Waals surface area contributed by atoms with Crippen molar-refractivity contribution in [2.75, 3.05) is 18.4 Å². The molecule has 1 amide bonds. The van der Waals surface area contributed by atoms with Crippen LogP contribution in [-0.4, -0.2) is 33.5 Å². The summed E-state index contributed by atoms with van der Waals surface area (Å²) in [6.07, 6.45) is 8.63. The van der Waals surface area contributed by atoms with Crippen LogP contribution in [0.25, 0.3) is 5.82 Å². The molecule has 1 atom stereocenters. The van der Waals surface area contributed by atoms with E-state index >= 15 is 0 Å². The van der Waals surface area contributed by atoms with Gasteiger partial charge in [-0.3, -0.25) is 9.36 Å². The average molecular weight is 285 g/mol. The van der Waals surface area contributed by atoms with Gasteiger partial charge in [0.2, 0.25) is 5.91 Å². The Bertz CT molecular complexity index is 600. The molecule has 110 valence electrons. The molecule has 6 heteroatoms. The summed E-state index contributed by atoms with van der Waals surface area (Å²) in [5.74, 6) is 0.852. The van der Waals surface area contributed by atoms with Gasteiger partial charge in [0.1, 0.15) is 12.1 Å². The average Bonchev–Trinajstić information content (AvgIpc) is 3.20. The third-order valence-electron chi connectivity index (χ3n) is 4.18. The fourth-order valence-corrected chi connectivity index (χ4v) is 2.67. The van der Waals surface area contributed by atoms with Crippen molar-refractivity contribution in [1.29, 1.82) is 0 Å². The van der Waals surface area contributed by atoms with Crippen LogP contribution in [0.1, 0.15) is 19.8 Å². The van der Waals surface area contributed by atoms with Gasteiger partial charge in [0.05, 0.1) is 17.3 Å². The first kappa shape index (κ1) is 13.8. The van der Waals surface area contributed by atoms with Gasteiger partial charge in [0, 0.05) is 18.9 Å². The second kappa shape index (κ2) is 5.65. The smallest absolute Gasteiger partial charge is 0.231 e. The molecule has 0 spiro atoms. The van der Waals surface area contributed by atoms with E-state index in [9.17, 15) is 4.79 Å². The molecule has 1 fully saturated rings. The van der Waals surface area contributed by atoms with Gasteiger partial charge in [0.15, 0.2) is 0 Å². The Morgan fingerprint density at radius 3 is 3.00 bits per heavy atom. The number of nitrogens with one attached hydrogen (secondary N) is 2. The minimum atomic E-state index is -0.289. The third kappa shape index (κ3) is 2.67. The van der Waals surface area contributed by atoms with E-state index in [1.807, 2.05) is 22.9 Å². The Morgan fingerprint density at radius 1 is 1.52 bits per heavy atom. The first-order valence-corrected chi connectivity index (χ1v) is 7.20. The molecule has 1 aliphatic heterocycles. The first-order chi connectivity index (χ1) is 10.2. The summed E-state index contributed by atoms with van der Waals surface area (Å²) in [6, 6.07) is 3.73. The lowest BCUT2D eigenvalue weighted by atomic mass is 9.83. The number of rotatable bonds is 4. The molecular formula is C15H19N5O. The first-order valence-electron chi connectivity index (χ1n) is 7.20. The van der Waals surface area contributed by atoms with Crippen LogP contribution in [0.15, 0.2) is 37.1 Å². The maximum atomic E-state index is 12.5. The van der Waals surface area contributed by atoms with Gasteiger partial charge in [-0.15, -0.1) is 0 Å². The maximum absolute atomic E-state index is 12.5. The van der Waals surface area contributed by atoms with Crippen molar-refractivity contribution < 1.29 is 4.79 Å². The monoisotopic (exact) mass is 285 g/mol. The van der Waals surface area contributed by atoms with E-state index in [1.54, 1.807) is 18.7 Å². The van der Waals surface area contributed by atoms with Gasteiger partial charge in [0.25, 0.3) is 0 Å². The number of carbonyl (C=O) groups is 1. The quantitative estimate of drug-likeness (QED) is 0.895. The van der Waals surface area contributed by atoms with Crippen LogP contribution in [-0.2, 0) is 4.79 Å². The summed E-state index contributed by atoms with van der Waals surface area (Å²) in [5.41, 5.74) is 0.437. The zero-order valence-corrected chi connectivity index (χ0v) is 12.0. The molecule has 0 bridgehead atoms. The fourth-order valence-electron chi connectivity index (χ4n) is 2.67. The molecule has 0 aromatic carbocycles. The van der Waals surface area contributed by atoms with Crippen molar-refractivity contribution in [3.63, 3.8) is 0 Å². The lowest BCUT2D eigenvalue weighted by Crippen LogP contribution is -2.37. The summed E-state index contributed by atoms with van der Waals surface area (Å²) in [5, 5.41) is 6.25. The van der Waals surface area contributed by atoms with Crippen molar-refractivity contribution in [2.45, 2.75) is 19.8 Å². The Balaban J connectivity index is 1.72. The van der Waals surface area contributed by atoms with Gasteiger partial charge in [-0.2, -0.15) is 0 Å². The van der Waals surface area contributed by atoms with Crippen molar-refractivity contribution in [3.8, 4) is 5.82 Å². The zero-order valence-electron chi connectivity index (χ0n) is 12.0. The normalized spacial score (nSPS) is 21.4. The summed E-state index contributed by atoms with van der Waals surface area (Å²) in [7, 11) is 0. The number of amides is 1. The summed E-state index contributed by atoms with van der Waals surface area (Å²) in [4.78, 5) is 20.8. The number of hydrogen-bond donors (Lipinski definition) is 2. The highest BCUT2D eigenvalue weighted by molar-refractivity contribution is 5.95. The topological polar surface area (TPSA) is 71.8 Å². The molecular weight excluding hydrogens is 266 g/mol. The van der Waals surface area contributed by atoms with E-state index in [4.69, 9.17) is 0 Å². The van der Waals surface area contributed by atoms with Crippen molar-refractivity contribution >= 4 is 11.6 Å². The van der Waals surface area contributed by atoms with Gasteiger partial charge in [-0.1, -0.05) is 6.92 Å². The largest absolute Gasteiger partial charge is 0.324 e. The van der Waals surface area contributed by atoms with Crippen LogP contribution < -0.4 is 10.6 Å². The van der Waals surface area contributed by atoms with Crippen LogP contribution in [0, 0.1) is 5.41 Å². The molecule has 3 rings (SSSR count). The number of carbonyl (C=O) groups excluding carboxylic acids is 1. The lowest BCUT2D eigenvalue weighted by molar-refractivity contribution is -0.124. The molecule has 1 saturated heterocycles. The minimum Gasteiger partial charge on any atom is -0.324 e. The molecule has 0 radical (unpaired) electrons. The fraction of sp³-hybridized carbons (Fsp3) is 0.400. The van der Waals surface area contributed by atoms with Gasteiger partial charge >= 0.3 is 0 Å². The lowest BCUT2D eigenvalue weighted by Gasteiger charge is -2.25. The number of hydrogen-bond acceptors (Lipinski definition) is 4. The Hall–Kier alpha value is -2.21. The predicted molar refractivity (Wildman–Crippen MR) is 80.2 cm³/mol. The Labute approximate surface area is 123 Å². The van der Waals surface area contributed by atoms with Gasteiger partial charge < -0.3 is 10.6 Å². The highest BCUT2D eigenvalue weighted by Crippen LogP contribution is 2.30. The highest BCUT2D eigenvalue weighted by atomic mass is 16.2. The van der Waals surface area contributed by atoms with E-state index in [0.29, 0.717) is 0 Å². The molecule has 2 aromatic rings. The van der Waals surface area contributed by atoms with Crippen LogP contribution >= 0.6 is 0 Å². The number of nitrogens with zero attached hydrogens (tertiary/aromatic N) is 3. The van der Waals surface area contributed by atoms with E-state index < -0.39 is 0 Å². The number of aromatic nitrogens is 3. The number of imidazole rings is 1. The van der Waals surface area contributed by atoms with Gasteiger partial charge in [-0.05, 0) is 31.5 Å². The van der Waals surface area contributed by atoms with Crippen molar-refractivity contribution in [2.24, 2.45) is 5.41 Å². The molecule has 1 unspecified atom stereocenters. The molecule has 0 saturated carbocycles. The molecule has 21 heavy (non-hydrogen) atoms. The number of anilines is 1. The molecule has 6 nitrogen and oxygen atoms in total. The predicted octanol–water partition coefficient (Wildman–Crippen LogP) is 1.60. The summed E-state index contributed by atoms with van der Waals surface area (Å²) >= 11 is 0. The van der Waals surface area contributed by atoms with Gasteiger partial charge in [-0.25, -0.2) is 9.97 Å². The van der Waals surface area contributed by atoms with Crippen molar-refractivity contribution in [1.82, 2.24) is 19.9 Å². The maximum Gasteiger partial charge on any atom is 0.231 e. The standard InChI is InChI=1S/C15H19N5O/c1-2-15(5-6-16-10-15)14(21)19-12-3-4-13(18-9-12)20-8-7-17-11-20/h3-4,7-9,11,16H,2,5-6,10H2,1H3,(H,19,21). The summed E-state index contributed by atoms with van der Waals surface area (Å²) < 4.78 is 1.82. The van der Waals surface area contributed by atoms with Crippen molar-refractivity contribution in [3.05, 3.63) is 37.1 Å². The zero-order chi connectivity index (χ0) is 14.7. The van der Waals surface area contributed by atoms with E-state index in [0.717, 1.165) is 37.4 Å². The van der Waals surface area contributed by atoms with Crippen LogP contribution in [0.4, 0.5) is 5.69 Å².